The van der Waals surface area contributed by atoms with Gasteiger partial charge in [-0.05, 0) is 42.7 Å². The number of methoxy groups -OCH3 is 1. The Balaban J connectivity index is 1.72. The number of halogens is 1. The number of anilines is 2. The van der Waals surface area contributed by atoms with Crippen LogP contribution in [0.1, 0.15) is 24.1 Å². The van der Waals surface area contributed by atoms with Crippen LogP contribution in [0.2, 0.25) is 5.02 Å². The number of nitrogens with two attached hydrogens (primary N) is 1. The molecule has 1 aliphatic rings. The number of benzene rings is 1. The van der Waals surface area contributed by atoms with Crippen molar-refractivity contribution in [1.82, 2.24) is 15.2 Å². The summed E-state index contributed by atoms with van der Waals surface area (Å²) in [6, 6.07) is 9.37. The Bertz CT molecular complexity index is 1010. The van der Waals surface area contributed by atoms with Crippen LogP contribution in [0.25, 0.3) is 10.9 Å². The molecule has 28 heavy (non-hydrogen) atoms. The van der Waals surface area contributed by atoms with E-state index in [-0.39, 0.29) is 6.10 Å². The third-order valence-electron chi connectivity index (χ3n) is 5.05. The van der Waals surface area contributed by atoms with Gasteiger partial charge >= 0.3 is 0 Å². The maximum atomic E-state index is 9.78. The molecule has 3 heterocycles. The Hall–Kier alpha value is -2.64. The third-order valence-corrected chi connectivity index (χ3v) is 5.34. The van der Waals surface area contributed by atoms with Gasteiger partial charge in [0.2, 0.25) is 0 Å². The largest absolute Gasteiger partial charge is 0.495 e. The number of rotatable bonds is 4. The zero-order valence-corrected chi connectivity index (χ0v) is 16.4. The first-order chi connectivity index (χ1) is 13.5. The molecular weight excluding hydrogens is 378 g/mol. The number of pyridine rings is 1. The van der Waals surface area contributed by atoms with Crippen LogP contribution >= 0.6 is 11.6 Å². The lowest BCUT2D eigenvalue weighted by Gasteiger charge is -2.30. The van der Waals surface area contributed by atoms with Crippen LogP contribution in [0.5, 0.6) is 5.75 Å². The first-order valence-electron chi connectivity index (χ1n) is 9.22. The molecule has 0 amide bonds. The molecule has 0 unspecified atom stereocenters. The van der Waals surface area contributed by atoms with Crippen LogP contribution in [0.15, 0.2) is 30.3 Å². The Kier molecular flexibility index (Phi) is 5.19. The molecule has 8 heteroatoms. The number of nitrogens with zero attached hydrogens (tertiary/aromatic N) is 4. The van der Waals surface area contributed by atoms with Gasteiger partial charge in [-0.15, -0.1) is 5.10 Å². The summed E-state index contributed by atoms with van der Waals surface area (Å²) in [6.45, 7) is 1.48. The Morgan fingerprint density at radius 3 is 2.71 bits per heavy atom. The van der Waals surface area contributed by atoms with E-state index in [1.54, 1.807) is 13.2 Å². The highest BCUT2D eigenvalue weighted by atomic mass is 35.5. The van der Waals surface area contributed by atoms with Gasteiger partial charge in [-0.2, -0.15) is 5.10 Å². The summed E-state index contributed by atoms with van der Waals surface area (Å²) in [5.41, 5.74) is 8.42. The van der Waals surface area contributed by atoms with E-state index in [1.165, 1.54) is 0 Å². The number of aliphatic hydroxyl groups is 1. The number of aliphatic hydroxyl groups excluding tert-OH is 1. The van der Waals surface area contributed by atoms with Gasteiger partial charge in [0.15, 0.2) is 5.82 Å². The van der Waals surface area contributed by atoms with Crippen molar-refractivity contribution in [3.05, 3.63) is 46.6 Å². The quantitative estimate of drug-likeness (QED) is 0.696. The van der Waals surface area contributed by atoms with E-state index in [9.17, 15) is 5.11 Å². The van der Waals surface area contributed by atoms with Crippen molar-refractivity contribution in [2.75, 3.05) is 30.8 Å². The summed E-state index contributed by atoms with van der Waals surface area (Å²) in [7, 11) is 1.59. The van der Waals surface area contributed by atoms with Crippen LogP contribution in [0, 0.1) is 0 Å². The highest BCUT2D eigenvalue weighted by Crippen LogP contribution is 2.30. The summed E-state index contributed by atoms with van der Waals surface area (Å²) in [6.07, 6.45) is 1.72. The van der Waals surface area contributed by atoms with Crippen LogP contribution < -0.4 is 15.4 Å². The maximum Gasteiger partial charge on any atom is 0.160 e. The molecule has 4 rings (SSSR count). The van der Waals surface area contributed by atoms with Crippen molar-refractivity contribution < 1.29 is 9.84 Å². The average Bonchev–Trinajstić information content (AvgIpc) is 2.69. The fraction of sp³-hybridized carbons (Fsp3) is 0.350. The van der Waals surface area contributed by atoms with Crippen molar-refractivity contribution in [3.8, 4) is 5.75 Å². The Morgan fingerprint density at radius 1 is 1.21 bits per heavy atom. The van der Waals surface area contributed by atoms with Gasteiger partial charge in [0.25, 0.3) is 0 Å². The summed E-state index contributed by atoms with van der Waals surface area (Å²) >= 11 is 6.25. The third kappa shape index (κ3) is 3.68. The van der Waals surface area contributed by atoms with E-state index in [0.717, 1.165) is 53.9 Å². The van der Waals surface area contributed by atoms with Crippen LogP contribution in [0.4, 0.5) is 11.6 Å². The maximum absolute atomic E-state index is 9.78. The molecule has 0 atom stereocenters. The van der Waals surface area contributed by atoms with Crippen molar-refractivity contribution >= 4 is 34.1 Å². The second kappa shape index (κ2) is 7.77. The van der Waals surface area contributed by atoms with Crippen LogP contribution in [-0.2, 0) is 6.42 Å². The van der Waals surface area contributed by atoms with Crippen molar-refractivity contribution in [3.63, 3.8) is 0 Å². The van der Waals surface area contributed by atoms with E-state index in [1.807, 2.05) is 24.3 Å². The minimum atomic E-state index is -0.247. The average molecular weight is 400 g/mol. The standard InChI is InChI=1S/C20H22ClN5O2/c1-28-17-4-2-12(10-15(17)21)11-16-19-14(3-5-18(22)23-19)20(25-24-16)26-8-6-13(27)7-9-26/h2-5,10,13,27H,6-9,11H2,1H3,(H2,22,23). The minimum absolute atomic E-state index is 0.247. The number of ether oxygens (including phenoxy) is 1. The van der Waals surface area contributed by atoms with Gasteiger partial charge in [0, 0.05) is 24.9 Å². The van der Waals surface area contributed by atoms with E-state index < -0.39 is 0 Å². The molecule has 0 bridgehead atoms. The predicted molar refractivity (Wildman–Crippen MR) is 110 cm³/mol. The lowest BCUT2D eigenvalue weighted by atomic mass is 10.1. The zero-order valence-electron chi connectivity index (χ0n) is 15.6. The molecule has 3 N–H and O–H groups in total. The lowest BCUT2D eigenvalue weighted by Crippen LogP contribution is -2.36. The van der Waals surface area contributed by atoms with E-state index in [0.29, 0.717) is 23.0 Å². The fourth-order valence-corrected chi connectivity index (χ4v) is 3.81. The minimum Gasteiger partial charge on any atom is -0.495 e. The smallest absolute Gasteiger partial charge is 0.160 e. The number of aromatic nitrogens is 3. The van der Waals surface area contributed by atoms with E-state index in [4.69, 9.17) is 22.1 Å². The van der Waals surface area contributed by atoms with Gasteiger partial charge in [-0.25, -0.2) is 4.98 Å². The number of piperidine rings is 1. The first-order valence-corrected chi connectivity index (χ1v) is 9.60. The van der Waals surface area contributed by atoms with Crippen molar-refractivity contribution in [1.29, 1.82) is 0 Å². The normalized spacial score (nSPS) is 15.2. The van der Waals surface area contributed by atoms with Gasteiger partial charge in [-0.1, -0.05) is 17.7 Å². The van der Waals surface area contributed by atoms with Gasteiger partial charge in [0.1, 0.15) is 17.1 Å². The number of hydrogen-bond acceptors (Lipinski definition) is 7. The van der Waals surface area contributed by atoms with Crippen LogP contribution in [0.3, 0.4) is 0 Å². The van der Waals surface area contributed by atoms with E-state index >= 15 is 0 Å². The first kappa shape index (κ1) is 18.7. The molecule has 0 saturated carbocycles. The second-order valence-electron chi connectivity index (χ2n) is 6.97. The lowest BCUT2D eigenvalue weighted by molar-refractivity contribution is 0.145. The fourth-order valence-electron chi connectivity index (χ4n) is 3.53. The molecule has 0 aliphatic carbocycles. The molecule has 2 aromatic heterocycles. The summed E-state index contributed by atoms with van der Waals surface area (Å²) in [5.74, 6) is 1.85. The summed E-state index contributed by atoms with van der Waals surface area (Å²) < 4.78 is 5.21. The number of hydrogen-bond donors (Lipinski definition) is 2. The van der Waals surface area contributed by atoms with Gasteiger partial charge in [0.05, 0.1) is 23.9 Å². The zero-order chi connectivity index (χ0) is 19.7. The predicted octanol–water partition coefficient (Wildman–Crippen LogP) is 2.82. The molecule has 7 nitrogen and oxygen atoms in total. The molecule has 146 valence electrons. The molecule has 1 aliphatic heterocycles. The monoisotopic (exact) mass is 399 g/mol. The van der Waals surface area contributed by atoms with Crippen LogP contribution in [-0.4, -0.2) is 46.6 Å². The van der Waals surface area contributed by atoms with E-state index in [2.05, 4.69) is 20.1 Å². The van der Waals surface area contributed by atoms with Gasteiger partial charge in [-0.3, -0.25) is 0 Å². The molecule has 0 spiro atoms. The number of fused-ring (bicyclic) bond motifs is 1. The summed E-state index contributed by atoms with van der Waals surface area (Å²) in [5, 5.41) is 20.2. The van der Waals surface area contributed by atoms with Crippen molar-refractivity contribution in [2.45, 2.75) is 25.4 Å². The SMILES string of the molecule is COc1ccc(Cc2nnc(N3CCC(O)CC3)c3ccc(N)nc23)cc1Cl. The Morgan fingerprint density at radius 2 is 2.00 bits per heavy atom. The van der Waals surface area contributed by atoms with Crippen molar-refractivity contribution in [2.24, 2.45) is 0 Å². The topological polar surface area (TPSA) is 97.4 Å². The highest BCUT2D eigenvalue weighted by molar-refractivity contribution is 6.32. The molecule has 1 aromatic carbocycles. The highest BCUT2D eigenvalue weighted by Gasteiger charge is 2.22. The van der Waals surface area contributed by atoms with Gasteiger partial charge < -0.3 is 20.5 Å². The Labute approximate surface area is 168 Å². The molecule has 1 fully saturated rings. The molecule has 0 radical (unpaired) electrons. The summed E-state index contributed by atoms with van der Waals surface area (Å²) in [4.78, 5) is 6.69. The second-order valence-corrected chi connectivity index (χ2v) is 7.37. The molecule has 3 aromatic rings. The number of nitrogen functional groups attached to an aromatic ring is 1. The molecular formula is C20H22ClN5O2. The molecule has 1 saturated heterocycles.